The van der Waals surface area contributed by atoms with Gasteiger partial charge in [-0.15, -0.1) is 0 Å². The van der Waals surface area contributed by atoms with Gasteiger partial charge in [-0.3, -0.25) is 14.9 Å². The van der Waals surface area contributed by atoms with Crippen LogP contribution in [-0.4, -0.2) is 41.8 Å². The van der Waals surface area contributed by atoms with Crippen LogP contribution < -0.4 is 10.6 Å². The van der Waals surface area contributed by atoms with Crippen LogP contribution in [0.3, 0.4) is 0 Å². The molecule has 1 saturated heterocycles. The Morgan fingerprint density at radius 3 is 2.60 bits per heavy atom. The lowest BCUT2D eigenvalue weighted by atomic mass is 9.95. The maximum Gasteiger partial charge on any atom is 0.321 e. The highest BCUT2D eigenvalue weighted by atomic mass is 16.5. The van der Waals surface area contributed by atoms with E-state index in [2.05, 4.69) is 10.6 Å². The molecule has 0 bridgehead atoms. The van der Waals surface area contributed by atoms with E-state index in [0.717, 1.165) is 12.8 Å². The Morgan fingerprint density at radius 1 is 1.35 bits per heavy atom. The molecule has 20 heavy (non-hydrogen) atoms. The van der Waals surface area contributed by atoms with Crippen molar-refractivity contribution in [3.05, 3.63) is 0 Å². The number of aliphatic carboxylic acids is 1. The fourth-order valence-electron chi connectivity index (χ4n) is 2.20. The van der Waals surface area contributed by atoms with Gasteiger partial charge in [0.25, 0.3) is 0 Å². The van der Waals surface area contributed by atoms with Crippen molar-refractivity contribution < 1.29 is 24.2 Å². The van der Waals surface area contributed by atoms with Crippen LogP contribution in [0.25, 0.3) is 0 Å². The molecule has 0 spiro atoms. The molecule has 0 saturated carbocycles. The smallest absolute Gasteiger partial charge is 0.321 e. The van der Waals surface area contributed by atoms with Gasteiger partial charge in [0.2, 0.25) is 5.91 Å². The Hall–Kier alpha value is -1.63. The van der Waals surface area contributed by atoms with Crippen molar-refractivity contribution in [2.75, 3.05) is 13.2 Å². The predicted molar refractivity (Wildman–Crippen MR) is 71.2 cm³/mol. The molecule has 2 unspecified atom stereocenters. The van der Waals surface area contributed by atoms with Crippen molar-refractivity contribution in [2.24, 2.45) is 5.92 Å². The minimum atomic E-state index is -0.957. The molecule has 2 atom stereocenters. The number of imide groups is 1. The SMILES string of the molecule is CC(CC(=O)O)CC(=O)NC(=O)NC1(C)CCCOC1. The maximum atomic E-state index is 11.7. The largest absolute Gasteiger partial charge is 0.481 e. The molecule has 7 heteroatoms. The number of hydrogen-bond donors (Lipinski definition) is 3. The lowest BCUT2D eigenvalue weighted by Crippen LogP contribution is -2.55. The number of carboxylic acids is 1. The Kier molecular flexibility index (Phi) is 5.94. The zero-order chi connectivity index (χ0) is 15.2. The summed E-state index contributed by atoms with van der Waals surface area (Å²) in [5, 5.41) is 13.6. The Bertz CT molecular complexity index is 377. The van der Waals surface area contributed by atoms with Crippen LogP contribution in [0.5, 0.6) is 0 Å². The molecule has 0 radical (unpaired) electrons. The third-order valence-corrected chi connectivity index (χ3v) is 3.16. The molecular formula is C13H22N2O5. The van der Waals surface area contributed by atoms with Crippen molar-refractivity contribution >= 4 is 17.9 Å². The molecule has 1 aliphatic rings. The van der Waals surface area contributed by atoms with Gasteiger partial charge in [0.05, 0.1) is 12.1 Å². The van der Waals surface area contributed by atoms with Crippen LogP contribution in [0, 0.1) is 5.92 Å². The van der Waals surface area contributed by atoms with Gasteiger partial charge in [-0.2, -0.15) is 0 Å². The molecule has 0 aromatic carbocycles. The van der Waals surface area contributed by atoms with Gasteiger partial charge in [-0.05, 0) is 25.7 Å². The highest BCUT2D eigenvalue weighted by Crippen LogP contribution is 2.17. The highest BCUT2D eigenvalue weighted by molar-refractivity contribution is 5.94. The zero-order valence-corrected chi connectivity index (χ0v) is 11.9. The number of nitrogens with one attached hydrogen (secondary N) is 2. The number of hydrogen-bond acceptors (Lipinski definition) is 4. The molecule has 0 aromatic heterocycles. The van der Waals surface area contributed by atoms with Crippen LogP contribution in [0.15, 0.2) is 0 Å². The molecule has 1 fully saturated rings. The van der Waals surface area contributed by atoms with E-state index in [1.165, 1.54) is 0 Å². The number of urea groups is 1. The first-order valence-electron chi connectivity index (χ1n) is 6.72. The summed E-state index contributed by atoms with van der Waals surface area (Å²) in [6.07, 6.45) is 1.57. The quantitative estimate of drug-likeness (QED) is 0.696. The first-order chi connectivity index (χ1) is 9.31. The van der Waals surface area contributed by atoms with Gasteiger partial charge in [-0.1, -0.05) is 6.92 Å². The zero-order valence-electron chi connectivity index (χ0n) is 11.9. The highest BCUT2D eigenvalue weighted by Gasteiger charge is 2.29. The van der Waals surface area contributed by atoms with Crippen molar-refractivity contribution in [3.8, 4) is 0 Å². The van der Waals surface area contributed by atoms with E-state index in [1.54, 1.807) is 6.92 Å². The lowest BCUT2D eigenvalue weighted by Gasteiger charge is -2.34. The summed E-state index contributed by atoms with van der Waals surface area (Å²) >= 11 is 0. The Morgan fingerprint density at radius 2 is 2.05 bits per heavy atom. The Labute approximate surface area is 118 Å². The normalized spacial score (nSPS) is 23.7. The van der Waals surface area contributed by atoms with Crippen molar-refractivity contribution in [2.45, 2.75) is 45.1 Å². The first kappa shape index (κ1) is 16.4. The molecule has 1 aliphatic heterocycles. The number of amides is 3. The van der Waals surface area contributed by atoms with E-state index >= 15 is 0 Å². The average molecular weight is 286 g/mol. The monoisotopic (exact) mass is 286 g/mol. The first-order valence-corrected chi connectivity index (χ1v) is 6.72. The van der Waals surface area contributed by atoms with Crippen LogP contribution >= 0.6 is 0 Å². The van der Waals surface area contributed by atoms with E-state index < -0.39 is 23.4 Å². The van der Waals surface area contributed by atoms with E-state index in [4.69, 9.17) is 9.84 Å². The van der Waals surface area contributed by atoms with E-state index in [-0.39, 0.29) is 18.8 Å². The van der Waals surface area contributed by atoms with Gasteiger partial charge in [0.15, 0.2) is 0 Å². The third kappa shape index (κ3) is 6.01. The van der Waals surface area contributed by atoms with Crippen molar-refractivity contribution in [3.63, 3.8) is 0 Å². The minimum Gasteiger partial charge on any atom is -0.481 e. The van der Waals surface area contributed by atoms with Crippen LogP contribution in [-0.2, 0) is 14.3 Å². The topological polar surface area (TPSA) is 105 Å². The van der Waals surface area contributed by atoms with Gasteiger partial charge in [0, 0.05) is 19.4 Å². The van der Waals surface area contributed by atoms with Gasteiger partial charge >= 0.3 is 12.0 Å². The minimum absolute atomic E-state index is 0.00688. The van der Waals surface area contributed by atoms with E-state index in [0.29, 0.717) is 13.2 Å². The molecule has 7 nitrogen and oxygen atoms in total. The fraction of sp³-hybridized carbons (Fsp3) is 0.769. The van der Waals surface area contributed by atoms with E-state index in [9.17, 15) is 14.4 Å². The second-order valence-electron chi connectivity index (χ2n) is 5.63. The molecule has 0 aliphatic carbocycles. The molecule has 114 valence electrons. The van der Waals surface area contributed by atoms with Crippen LogP contribution in [0.4, 0.5) is 4.79 Å². The molecule has 3 N–H and O–H groups in total. The molecule has 3 amide bonds. The molecule has 1 heterocycles. The number of carbonyl (C=O) groups excluding carboxylic acids is 2. The van der Waals surface area contributed by atoms with Crippen LogP contribution in [0.1, 0.15) is 39.5 Å². The number of carbonyl (C=O) groups is 3. The Balaban J connectivity index is 2.34. The van der Waals surface area contributed by atoms with Crippen LogP contribution in [0.2, 0.25) is 0 Å². The van der Waals surface area contributed by atoms with Crippen molar-refractivity contribution in [1.82, 2.24) is 10.6 Å². The van der Waals surface area contributed by atoms with Crippen molar-refractivity contribution in [1.29, 1.82) is 0 Å². The summed E-state index contributed by atoms with van der Waals surface area (Å²) in [6, 6.07) is -0.564. The average Bonchev–Trinajstić information content (AvgIpc) is 2.26. The molecular weight excluding hydrogens is 264 g/mol. The van der Waals surface area contributed by atoms with Gasteiger partial charge in [-0.25, -0.2) is 4.79 Å². The number of rotatable bonds is 5. The summed E-state index contributed by atoms with van der Waals surface area (Å²) in [5.74, 6) is -1.74. The molecule has 0 aromatic rings. The summed E-state index contributed by atoms with van der Waals surface area (Å²) < 4.78 is 5.31. The fourth-order valence-corrected chi connectivity index (χ4v) is 2.20. The van der Waals surface area contributed by atoms with E-state index in [1.807, 2.05) is 6.92 Å². The maximum absolute atomic E-state index is 11.7. The standard InChI is InChI=1S/C13H22N2O5/c1-9(7-11(17)18)6-10(16)14-12(19)15-13(2)4-3-5-20-8-13/h9H,3-8H2,1-2H3,(H,17,18)(H2,14,15,16,19). The predicted octanol–water partition coefficient (Wildman–Crippen LogP) is 0.882. The summed E-state index contributed by atoms with van der Waals surface area (Å²) in [5.41, 5.74) is -0.463. The van der Waals surface area contributed by atoms with Gasteiger partial charge in [0.1, 0.15) is 0 Å². The lowest BCUT2D eigenvalue weighted by molar-refractivity contribution is -0.138. The second kappa shape index (κ2) is 7.23. The second-order valence-corrected chi connectivity index (χ2v) is 5.63. The summed E-state index contributed by atoms with van der Waals surface area (Å²) in [6.45, 7) is 4.62. The summed E-state index contributed by atoms with van der Waals surface area (Å²) in [7, 11) is 0. The number of carboxylic acid groups (broad SMARTS) is 1. The van der Waals surface area contributed by atoms with Gasteiger partial charge < -0.3 is 15.2 Å². The third-order valence-electron chi connectivity index (χ3n) is 3.16. The number of ether oxygens (including phenoxy) is 1. The molecule has 1 rings (SSSR count). The summed E-state index contributed by atoms with van der Waals surface area (Å²) in [4.78, 5) is 33.8.